The van der Waals surface area contributed by atoms with Crippen molar-refractivity contribution in [1.29, 1.82) is 5.26 Å². The molecule has 2 rings (SSSR count). The van der Waals surface area contributed by atoms with E-state index >= 15 is 0 Å². The minimum absolute atomic E-state index is 0.618. The molecule has 4 nitrogen and oxygen atoms in total. The Hall–Kier alpha value is -1.67. The molecule has 0 amide bonds. The number of hydrogen-bond acceptors (Lipinski definition) is 4. The van der Waals surface area contributed by atoms with E-state index < -0.39 is 0 Å². The Morgan fingerprint density at radius 3 is 2.55 bits per heavy atom. The summed E-state index contributed by atoms with van der Waals surface area (Å²) < 4.78 is 0. The summed E-state index contributed by atoms with van der Waals surface area (Å²) in [6.07, 6.45) is 6.32. The molecular weight excluding hydrogens is 268 g/mol. The zero-order chi connectivity index (χ0) is 14.4. The van der Waals surface area contributed by atoms with E-state index in [9.17, 15) is 0 Å². The number of benzene rings is 1. The first-order valence-electron chi connectivity index (χ1n) is 6.85. The topological polar surface area (TPSA) is 51.4 Å². The van der Waals surface area contributed by atoms with E-state index in [2.05, 4.69) is 34.3 Å². The molecule has 0 unspecified atom stereocenters. The lowest BCUT2D eigenvalue weighted by molar-refractivity contribution is 0.438. The van der Waals surface area contributed by atoms with Gasteiger partial charge in [0.1, 0.15) is 0 Å². The monoisotopic (exact) mass is 288 g/mol. The van der Waals surface area contributed by atoms with Gasteiger partial charge in [-0.2, -0.15) is 5.26 Å². The number of aliphatic imine (C=N–C) groups is 1. The average Bonchev–Trinajstić information content (AvgIpc) is 2.48. The molecule has 1 saturated heterocycles. The highest BCUT2D eigenvalue weighted by Crippen LogP contribution is 2.25. The van der Waals surface area contributed by atoms with Crippen LogP contribution in [0.15, 0.2) is 29.3 Å². The van der Waals surface area contributed by atoms with Gasteiger partial charge in [0.15, 0.2) is 11.4 Å². The minimum atomic E-state index is 0.618. The summed E-state index contributed by atoms with van der Waals surface area (Å²) in [7, 11) is 0. The molecule has 0 aromatic heterocycles. The quantitative estimate of drug-likeness (QED) is 0.392. The third-order valence-electron chi connectivity index (χ3n) is 3.59. The van der Waals surface area contributed by atoms with Crippen molar-refractivity contribution in [3.05, 3.63) is 24.3 Å². The number of anilines is 1. The lowest BCUT2D eigenvalue weighted by Crippen LogP contribution is -2.32. The Morgan fingerprint density at radius 2 is 2.00 bits per heavy atom. The first kappa shape index (κ1) is 14.7. The van der Waals surface area contributed by atoms with Gasteiger partial charge in [-0.15, -0.1) is 0 Å². The molecule has 1 heterocycles. The van der Waals surface area contributed by atoms with Crippen molar-refractivity contribution >= 4 is 28.3 Å². The van der Waals surface area contributed by atoms with Gasteiger partial charge in [-0.3, -0.25) is 5.32 Å². The minimum Gasteiger partial charge on any atom is -0.372 e. The molecule has 0 spiro atoms. The van der Waals surface area contributed by atoms with Gasteiger partial charge in [-0.25, -0.2) is 4.99 Å². The standard InChI is InChI=1S/C15H20N4S/c1-12-7-9-19(10-8-12)14-5-3-13(4-6-14)18-15(20-2)17-11-16/h3-6,12H,7-10H2,1-2H3,(H,17,18). The van der Waals surface area contributed by atoms with Crippen molar-refractivity contribution in [3.8, 4) is 6.19 Å². The largest absolute Gasteiger partial charge is 0.372 e. The summed E-state index contributed by atoms with van der Waals surface area (Å²) in [4.78, 5) is 6.82. The van der Waals surface area contributed by atoms with Crippen LogP contribution in [0.1, 0.15) is 19.8 Å². The van der Waals surface area contributed by atoms with Crippen LogP contribution < -0.4 is 10.2 Å². The Labute approximate surface area is 124 Å². The average molecular weight is 288 g/mol. The Kier molecular flexibility index (Phi) is 5.31. The lowest BCUT2D eigenvalue weighted by atomic mass is 9.99. The number of nitrogens with zero attached hydrogens (tertiary/aromatic N) is 3. The van der Waals surface area contributed by atoms with E-state index in [-0.39, 0.29) is 0 Å². The van der Waals surface area contributed by atoms with Gasteiger partial charge in [0, 0.05) is 18.8 Å². The molecule has 0 saturated carbocycles. The van der Waals surface area contributed by atoms with Crippen molar-refractivity contribution in [2.24, 2.45) is 10.9 Å². The number of thioether (sulfide) groups is 1. The number of nitrogens with one attached hydrogen (secondary N) is 1. The van der Waals surface area contributed by atoms with Gasteiger partial charge in [-0.05, 0) is 49.3 Å². The van der Waals surface area contributed by atoms with Gasteiger partial charge in [0.25, 0.3) is 0 Å². The maximum absolute atomic E-state index is 8.62. The molecule has 5 heteroatoms. The molecule has 0 radical (unpaired) electrons. The fraction of sp³-hybridized carbons (Fsp3) is 0.467. The van der Waals surface area contributed by atoms with Crippen molar-refractivity contribution in [2.75, 3.05) is 24.2 Å². The van der Waals surface area contributed by atoms with Crippen molar-refractivity contribution in [2.45, 2.75) is 19.8 Å². The zero-order valence-corrected chi connectivity index (χ0v) is 12.8. The second-order valence-electron chi connectivity index (χ2n) is 5.04. The summed E-state index contributed by atoms with van der Waals surface area (Å²) >= 11 is 1.43. The number of nitriles is 1. The van der Waals surface area contributed by atoms with E-state index in [1.807, 2.05) is 24.6 Å². The third kappa shape index (κ3) is 3.91. The molecule has 1 N–H and O–H groups in total. The maximum atomic E-state index is 8.62. The van der Waals surface area contributed by atoms with Crippen LogP contribution >= 0.6 is 11.8 Å². The van der Waals surface area contributed by atoms with Crippen LogP contribution in [0, 0.1) is 17.4 Å². The molecule has 1 aliphatic heterocycles. The van der Waals surface area contributed by atoms with Gasteiger partial charge >= 0.3 is 0 Å². The second kappa shape index (κ2) is 7.20. The van der Waals surface area contributed by atoms with Crippen LogP contribution in [0.2, 0.25) is 0 Å². The molecule has 106 valence electrons. The molecular formula is C15H20N4S. The maximum Gasteiger partial charge on any atom is 0.183 e. The molecule has 1 aromatic rings. The van der Waals surface area contributed by atoms with E-state index in [0.717, 1.165) is 24.7 Å². The van der Waals surface area contributed by atoms with Crippen LogP contribution in [-0.2, 0) is 0 Å². The molecule has 0 bridgehead atoms. The number of piperidine rings is 1. The van der Waals surface area contributed by atoms with Crippen molar-refractivity contribution in [1.82, 2.24) is 5.32 Å². The molecule has 1 fully saturated rings. The highest BCUT2D eigenvalue weighted by molar-refractivity contribution is 8.13. The first-order valence-corrected chi connectivity index (χ1v) is 8.08. The molecule has 0 atom stereocenters. The molecule has 1 aromatic carbocycles. The number of rotatable bonds is 2. The fourth-order valence-electron chi connectivity index (χ4n) is 2.29. The lowest BCUT2D eigenvalue weighted by Gasteiger charge is -2.32. The van der Waals surface area contributed by atoms with Crippen LogP contribution in [-0.4, -0.2) is 24.5 Å². The zero-order valence-electron chi connectivity index (χ0n) is 12.0. The van der Waals surface area contributed by atoms with Crippen LogP contribution in [0.25, 0.3) is 0 Å². The molecule has 20 heavy (non-hydrogen) atoms. The summed E-state index contributed by atoms with van der Waals surface area (Å²) in [5, 5.41) is 11.8. The molecule has 0 aliphatic carbocycles. The first-order chi connectivity index (χ1) is 9.72. The van der Waals surface area contributed by atoms with Gasteiger partial charge in [0.2, 0.25) is 0 Å². The van der Waals surface area contributed by atoms with Gasteiger partial charge in [0.05, 0.1) is 5.69 Å². The predicted octanol–water partition coefficient (Wildman–Crippen LogP) is 3.34. The summed E-state index contributed by atoms with van der Waals surface area (Å²) in [6.45, 7) is 4.59. The van der Waals surface area contributed by atoms with E-state index in [1.165, 1.54) is 30.3 Å². The predicted molar refractivity (Wildman–Crippen MR) is 86.4 cm³/mol. The third-order valence-corrected chi connectivity index (χ3v) is 4.17. The van der Waals surface area contributed by atoms with E-state index in [1.54, 1.807) is 0 Å². The highest BCUT2D eigenvalue weighted by Gasteiger charge is 2.15. The Morgan fingerprint density at radius 1 is 1.35 bits per heavy atom. The van der Waals surface area contributed by atoms with Crippen molar-refractivity contribution in [3.63, 3.8) is 0 Å². The van der Waals surface area contributed by atoms with Crippen molar-refractivity contribution < 1.29 is 0 Å². The highest BCUT2D eigenvalue weighted by atomic mass is 32.2. The smallest absolute Gasteiger partial charge is 0.183 e. The van der Waals surface area contributed by atoms with E-state index in [0.29, 0.717) is 5.17 Å². The van der Waals surface area contributed by atoms with Crippen LogP contribution in [0.4, 0.5) is 11.4 Å². The normalized spacial score (nSPS) is 16.9. The number of amidine groups is 1. The van der Waals surface area contributed by atoms with Gasteiger partial charge < -0.3 is 4.90 Å². The van der Waals surface area contributed by atoms with Crippen LogP contribution in [0.3, 0.4) is 0 Å². The molecule has 1 aliphatic rings. The Balaban J connectivity index is 2.05. The summed E-state index contributed by atoms with van der Waals surface area (Å²) in [5.41, 5.74) is 2.13. The summed E-state index contributed by atoms with van der Waals surface area (Å²) in [6, 6.07) is 8.23. The number of hydrogen-bond donors (Lipinski definition) is 1. The van der Waals surface area contributed by atoms with Crippen LogP contribution in [0.5, 0.6) is 0 Å². The Bertz CT molecular complexity index is 496. The fourth-order valence-corrected chi connectivity index (χ4v) is 2.64. The van der Waals surface area contributed by atoms with Gasteiger partial charge in [-0.1, -0.05) is 18.7 Å². The summed E-state index contributed by atoms with van der Waals surface area (Å²) in [5.74, 6) is 0.844. The SMILES string of the molecule is CSC(=Nc1ccc(N2CCC(C)CC2)cc1)NC#N. The second-order valence-corrected chi connectivity index (χ2v) is 5.84. The van der Waals surface area contributed by atoms with E-state index in [4.69, 9.17) is 5.26 Å².